The number of hydrogen-bond donors (Lipinski definition) is 1. The Kier molecular flexibility index (Phi) is 4.15. The van der Waals surface area contributed by atoms with Crippen molar-refractivity contribution >= 4 is 22.9 Å². The normalized spacial score (nSPS) is 12.6. The van der Waals surface area contributed by atoms with Crippen LogP contribution in [-0.4, -0.2) is 11.2 Å². The Morgan fingerprint density at radius 1 is 1.29 bits per heavy atom. The number of rotatable bonds is 4. The Morgan fingerprint density at radius 2 is 2.12 bits per heavy atom. The van der Waals surface area contributed by atoms with Crippen LogP contribution in [-0.2, 0) is 12.8 Å². The summed E-state index contributed by atoms with van der Waals surface area (Å²) in [5.41, 5.74) is 1.74. The standard InChI is InChI=1S/C13H12ClFOS/c14-13-2-1-11(15)6-10(13)7-12(16)5-9-3-4-17-8-9/h1-4,6,8,12,16H,5,7H2. The summed E-state index contributed by atoms with van der Waals surface area (Å²) in [6.45, 7) is 0. The molecular weight excluding hydrogens is 259 g/mol. The number of aliphatic hydroxyl groups is 1. The molecule has 0 aliphatic heterocycles. The van der Waals surface area contributed by atoms with E-state index in [1.54, 1.807) is 11.3 Å². The zero-order chi connectivity index (χ0) is 12.3. The average molecular weight is 271 g/mol. The van der Waals surface area contributed by atoms with E-state index in [9.17, 15) is 9.50 Å². The zero-order valence-electron chi connectivity index (χ0n) is 9.07. The molecule has 0 radical (unpaired) electrons. The summed E-state index contributed by atoms with van der Waals surface area (Å²) in [4.78, 5) is 0. The molecule has 0 aliphatic carbocycles. The highest BCUT2D eigenvalue weighted by Gasteiger charge is 2.10. The summed E-state index contributed by atoms with van der Waals surface area (Å²) in [5, 5.41) is 14.4. The summed E-state index contributed by atoms with van der Waals surface area (Å²) in [5.74, 6) is -0.327. The van der Waals surface area contributed by atoms with Crippen LogP contribution in [0, 0.1) is 5.82 Å². The average Bonchev–Trinajstić information content (AvgIpc) is 2.76. The maximum absolute atomic E-state index is 13.0. The van der Waals surface area contributed by atoms with E-state index in [0.717, 1.165) is 5.56 Å². The Balaban J connectivity index is 2.02. The highest BCUT2D eigenvalue weighted by atomic mass is 35.5. The molecule has 1 atom stereocenters. The van der Waals surface area contributed by atoms with Crippen LogP contribution in [0.1, 0.15) is 11.1 Å². The van der Waals surface area contributed by atoms with E-state index in [0.29, 0.717) is 23.4 Å². The number of aliphatic hydroxyl groups excluding tert-OH is 1. The smallest absolute Gasteiger partial charge is 0.123 e. The van der Waals surface area contributed by atoms with Gasteiger partial charge in [0.2, 0.25) is 0 Å². The van der Waals surface area contributed by atoms with Crippen LogP contribution in [0.2, 0.25) is 5.02 Å². The molecule has 1 unspecified atom stereocenters. The lowest BCUT2D eigenvalue weighted by Crippen LogP contribution is -2.13. The lowest BCUT2D eigenvalue weighted by Gasteiger charge is -2.11. The Labute approximate surface area is 108 Å². The van der Waals surface area contributed by atoms with Crippen LogP contribution in [0.25, 0.3) is 0 Å². The SMILES string of the molecule is OC(Cc1ccsc1)Cc1cc(F)ccc1Cl. The largest absolute Gasteiger partial charge is 0.392 e. The third-order valence-electron chi connectivity index (χ3n) is 2.51. The quantitative estimate of drug-likeness (QED) is 0.898. The molecule has 0 saturated carbocycles. The number of benzene rings is 1. The topological polar surface area (TPSA) is 20.2 Å². The number of hydrogen-bond acceptors (Lipinski definition) is 2. The predicted molar refractivity (Wildman–Crippen MR) is 69.1 cm³/mol. The fourth-order valence-corrected chi connectivity index (χ4v) is 2.58. The third-order valence-corrected chi connectivity index (χ3v) is 3.62. The van der Waals surface area contributed by atoms with E-state index in [1.807, 2.05) is 16.8 Å². The van der Waals surface area contributed by atoms with E-state index >= 15 is 0 Å². The molecule has 17 heavy (non-hydrogen) atoms. The molecule has 2 aromatic rings. The minimum atomic E-state index is -0.538. The molecule has 1 N–H and O–H groups in total. The lowest BCUT2D eigenvalue weighted by molar-refractivity contribution is 0.175. The van der Waals surface area contributed by atoms with Crippen LogP contribution >= 0.6 is 22.9 Å². The first kappa shape index (κ1) is 12.6. The third kappa shape index (κ3) is 3.53. The second-order valence-corrected chi connectivity index (χ2v) is 5.12. The van der Waals surface area contributed by atoms with Crippen molar-refractivity contribution in [3.63, 3.8) is 0 Å². The van der Waals surface area contributed by atoms with Crippen LogP contribution in [0.3, 0.4) is 0 Å². The molecule has 0 amide bonds. The molecule has 0 bridgehead atoms. The molecule has 1 aromatic carbocycles. The zero-order valence-corrected chi connectivity index (χ0v) is 10.6. The summed E-state index contributed by atoms with van der Waals surface area (Å²) in [6, 6.07) is 6.18. The van der Waals surface area contributed by atoms with Crippen molar-refractivity contribution < 1.29 is 9.50 Å². The fraction of sp³-hybridized carbons (Fsp3) is 0.231. The molecule has 1 heterocycles. The number of halogens is 2. The number of thiophene rings is 1. The monoisotopic (exact) mass is 270 g/mol. The van der Waals surface area contributed by atoms with Gasteiger partial charge in [0.05, 0.1) is 6.10 Å². The molecule has 0 spiro atoms. The molecule has 0 fully saturated rings. The maximum Gasteiger partial charge on any atom is 0.123 e. The summed E-state index contributed by atoms with van der Waals surface area (Å²) < 4.78 is 13.0. The first-order valence-corrected chi connectivity index (χ1v) is 6.60. The van der Waals surface area contributed by atoms with Gasteiger partial charge < -0.3 is 5.11 Å². The molecule has 1 aromatic heterocycles. The molecule has 0 aliphatic rings. The van der Waals surface area contributed by atoms with Crippen LogP contribution in [0.15, 0.2) is 35.0 Å². The second-order valence-electron chi connectivity index (χ2n) is 3.93. The van der Waals surface area contributed by atoms with E-state index < -0.39 is 6.10 Å². The first-order valence-electron chi connectivity index (χ1n) is 5.28. The van der Waals surface area contributed by atoms with Crippen molar-refractivity contribution in [1.82, 2.24) is 0 Å². The van der Waals surface area contributed by atoms with Gasteiger partial charge in [-0.3, -0.25) is 0 Å². The van der Waals surface area contributed by atoms with Gasteiger partial charge in [0.15, 0.2) is 0 Å². The van der Waals surface area contributed by atoms with Gasteiger partial charge in [-0.25, -0.2) is 4.39 Å². The second kappa shape index (κ2) is 5.63. The first-order chi connectivity index (χ1) is 8.15. The Hall–Kier alpha value is -0.900. The van der Waals surface area contributed by atoms with Crippen molar-refractivity contribution in [2.45, 2.75) is 18.9 Å². The maximum atomic E-state index is 13.0. The van der Waals surface area contributed by atoms with Gasteiger partial charge >= 0.3 is 0 Å². The van der Waals surface area contributed by atoms with Crippen LogP contribution in [0.4, 0.5) is 4.39 Å². The van der Waals surface area contributed by atoms with Crippen molar-refractivity contribution in [3.05, 3.63) is 57.0 Å². The predicted octanol–water partition coefficient (Wildman–Crippen LogP) is 3.69. The van der Waals surface area contributed by atoms with Gasteiger partial charge in [-0.05, 0) is 52.6 Å². The highest BCUT2D eigenvalue weighted by molar-refractivity contribution is 7.07. The van der Waals surface area contributed by atoms with Gasteiger partial charge in [0.1, 0.15) is 5.82 Å². The van der Waals surface area contributed by atoms with Gasteiger partial charge in [-0.2, -0.15) is 11.3 Å². The van der Waals surface area contributed by atoms with E-state index in [1.165, 1.54) is 18.2 Å². The van der Waals surface area contributed by atoms with E-state index in [4.69, 9.17) is 11.6 Å². The molecule has 2 rings (SSSR count). The van der Waals surface area contributed by atoms with Crippen molar-refractivity contribution in [3.8, 4) is 0 Å². The minimum Gasteiger partial charge on any atom is -0.392 e. The lowest BCUT2D eigenvalue weighted by atomic mass is 10.0. The van der Waals surface area contributed by atoms with E-state index in [2.05, 4.69) is 0 Å². The Morgan fingerprint density at radius 3 is 2.82 bits per heavy atom. The van der Waals surface area contributed by atoms with Gasteiger partial charge in [-0.1, -0.05) is 11.6 Å². The molecule has 90 valence electrons. The van der Waals surface area contributed by atoms with E-state index in [-0.39, 0.29) is 5.82 Å². The summed E-state index contributed by atoms with van der Waals surface area (Å²) >= 11 is 7.54. The van der Waals surface area contributed by atoms with Crippen LogP contribution < -0.4 is 0 Å². The fourth-order valence-electron chi connectivity index (χ4n) is 1.71. The van der Waals surface area contributed by atoms with Crippen molar-refractivity contribution in [2.75, 3.05) is 0 Å². The molecular formula is C13H12ClFOS. The summed E-state index contributed by atoms with van der Waals surface area (Å²) in [6.07, 6.45) is 0.395. The van der Waals surface area contributed by atoms with Gasteiger partial charge in [0.25, 0.3) is 0 Å². The minimum absolute atomic E-state index is 0.327. The molecule has 4 heteroatoms. The van der Waals surface area contributed by atoms with Gasteiger partial charge in [-0.15, -0.1) is 0 Å². The Bertz CT molecular complexity index is 484. The summed E-state index contributed by atoms with van der Waals surface area (Å²) in [7, 11) is 0. The molecule has 0 saturated heterocycles. The molecule has 1 nitrogen and oxygen atoms in total. The van der Waals surface area contributed by atoms with Gasteiger partial charge in [0, 0.05) is 11.4 Å². The van der Waals surface area contributed by atoms with Crippen molar-refractivity contribution in [1.29, 1.82) is 0 Å². The highest BCUT2D eigenvalue weighted by Crippen LogP contribution is 2.20. The van der Waals surface area contributed by atoms with Crippen LogP contribution in [0.5, 0.6) is 0 Å². The van der Waals surface area contributed by atoms with Crippen molar-refractivity contribution in [2.24, 2.45) is 0 Å².